The summed E-state index contributed by atoms with van der Waals surface area (Å²) in [4.78, 5) is 0. The molecule has 0 bridgehead atoms. The van der Waals surface area contributed by atoms with E-state index < -0.39 is 23.4 Å². The number of halogens is 6. The highest BCUT2D eigenvalue weighted by molar-refractivity contribution is 5.30. The predicted octanol–water partition coefficient (Wildman–Crippen LogP) is 9.15. The van der Waals surface area contributed by atoms with Gasteiger partial charge in [0.15, 0.2) is 0 Å². The molecule has 0 amide bonds. The number of hydrogen-bond acceptors (Lipinski definition) is 0. The number of allylic oxidation sites excluding steroid dienone is 2. The molecule has 0 spiro atoms. The van der Waals surface area contributed by atoms with E-state index in [1.54, 1.807) is 0 Å². The summed E-state index contributed by atoms with van der Waals surface area (Å²) < 4.78 is 78.3. The van der Waals surface area contributed by atoms with Crippen LogP contribution in [0.2, 0.25) is 0 Å². The van der Waals surface area contributed by atoms with Crippen molar-refractivity contribution in [2.75, 3.05) is 6.67 Å². The molecule has 0 nitrogen and oxygen atoms in total. The molecule has 0 aliphatic heterocycles. The molecule has 2 fully saturated rings. The summed E-state index contributed by atoms with van der Waals surface area (Å²) in [7, 11) is 0. The highest BCUT2D eigenvalue weighted by Crippen LogP contribution is 2.42. The molecule has 32 heavy (non-hydrogen) atoms. The Morgan fingerprint density at radius 2 is 1.34 bits per heavy atom. The first-order valence-corrected chi connectivity index (χ1v) is 12.1. The summed E-state index contributed by atoms with van der Waals surface area (Å²) in [6, 6.07) is 1.75. The third-order valence-electron chi connectivity index (χ3n) is 7.45. The fourth-order valence-electron chi connectivity index (χ4n) is 5.51. The second kappa shape index (κ2) is 11.6. The normalized spacial score (nSPS) is 27.2. The smallest absolute Gasteiger partial charge is 0.251 e. The predicted molar refractivity (Wildman–Crippen MR) is 115 cm³/mol. The molecular weight excluding hydrogens is 426 g/mol. The van der Waals surface area contributed by atoms with Gasteiger partial charge in [-0.1, -0.05) is 25.0 Å². The first-order valence-electron chi connectivity index (χ1n) is 12.1. The van der Waals surface area contributed by atoms with Gasteiger partial charge >= 0.3 is 6.18 Å². The van der Waals surface area contributed by atoms with Crippen LogP contribution in [0.3, 0.4) is 0 Å². The Kier molecular flexibility index (Phi) is 9.13. The molecule has 180 valence electrons. The molecule has 0 radical (unpaired) electrons. The van der Waals surface area contributed by atoms with Gasteiger partial charge in [0.1, 0.15) is 17.2 Å². The zero-order valence-corrected chi connectivity index (χ0v) is 18.6. The molecule has 2 aliphatic carbocycles. The van der Waals surface area contributed by atoms with Crippen molar-refractivity contribution in [1.82, 2.24) is 0 Å². The molecule has 0 aromatic heterocycles. The van der Waals surface area contributed by atoms with E-state index >= 15 is 0 Å². The molecule has 2 saturated carbocycles. The fraction of sp³-hybridized carbons (Fsp3) is 0.692. The van der Waals surface area contributed by atoms with Crippen molar-refractivity contribution in [2.24, 2.45) is 17.8 Å². The molecule has 0 saturated heterocycles. The van der Waals surface area contributed by atoms with Crippen molar-refractivity contribution in [3.05, 3.63) is 47.0 Å². The molecule has 0 unspecified atom stereocenters. The number of hydrogen-bond donors (Lipinski definition) is 0. The maximum atomic E-state index is 13.9. The lowest BCUT2D eigenvalue weighted by molar-refractivity contribution is -0.142. The lowest BCUT2D eigenvalue weighted by Gasteiger charge is -2.31. The maximum absolute atomic E-state index is 13.9. The largest absolute Gasteiger partial charge is 0.422 e. The monoisotopic (exact) mass is 460 g/mol. The maximum Gasteiger partial charge on any atom is 0.422 e. The lowest BCUT2D eigenvalue weighted by Crippen LogP contribution is -2.18. The molecule has 0 atom stereocenters. The highest BCUT2D eigenvalue weighted by Gasteiger charge is 2.38. The molecular formula is C26H34F6. The van der Waals surface area contributed by atoms with Crippen LogP contribution in [-0.2, 0) is 6.18 Å². The summed E-state index contributed by atoms with van der Waals surface area (Å²) in [5.41, 5.74) is -1.44. The summed E-state index contributed by atoms with van der Waals surface area (Å²) in [6.45, 7) is -0.253. The van der Waals surface area contributed by atoms with Gasteiger partial charge in [-0.05, 0) is 106 Å². The minimum absolute atomic E-state index is 0.0721. The summed E-state index contributed by atoms with van der Waals surface area (Å²) >= 11 is 0. The van der Waals surface area contributed by atoms with Gasteiger partial charge in [0.2, 0.25) is 0 Å². The topological polar surface area (TPSA) is 0 Å². The first-order chi connectivity index (χ1) is 15.3. The van der Waals surface area contributed by atoms with E-state index in [0.29, 0.717) is 23.8 Å². The Morgan fingerprint density at radius 1 is 0.812 bits per heavy atom. The molecule has 3 rings (SSSR count). The van der Waals surface area contributed by atoms with Crippen molar-refractivity contribution < 1.29 is 26.3 Å². The van der Waals surface area contributed by atoms with E-state index in [1.165, 1.54) is 32.1 Å². The highest BCUT2D eigenvalue weighted by atomic mass is 19.4. The second-order valence-corrected chi connectivity index (χ2v) is 9.69. The summed E-state index contributed by atoms with van der Waals surface area (Å²) in [6.07, 6.45) is 11.5. The van der Waals surface area contributed by atoms with Gasteiger partial charge in [-0.3, -0.25) is 4.39 Å². The SMILES string of the molecule is FCCCC=C[C@H]1CC[C@H](CC[C@H]2CC[C@H](c3cc(F)c(C(F)(F)F)c(F)c3)CC2)CC1. The van der Waals surface area contributed by atoms with E-state index in [-0.39, 0.29) is 12.6 Å². The van der Waals surface area contributed by atoms with Crippen molar-refractivity contribution in [1.29, 1.82) is 0 Å². The Balaban J connectivity index is 1.40. The summed E-state index contributed by atoms with van der Waals surface area (Å²) in [5.74, 6) is -1.12. The standard InChI is InChI=1S/C26H34F6/c27-15-3-1-2-4-18-5-7-19(8-6-18)9-10-20-11-13-21(14-12-20)22-16-23(28)25(24(29)17-22)26(30,31)32/h2,4,16-21H,1,3,5-15H2/t18-,19-,20-,21-. The Bertz CT molecular complexity index is 714. The first kappa shape index (κ1) is 25.2. The van der Waals surface area contributed by atoms with Crippen molar-refractivity contribution in [3.63, 3.8) is 0 Å². The second-order valence-electron chi connectivity index (χ2n) is 9.69. The summed E-state index contributed by atoms with van der Waals surface area (Å²) in [5, 5.41) is 0. The van der Waals surface area contributed by atoms with Gasteiger partial charge < -0.3 is 0 Å². The van der Waals surface area contributed by atoms with Gasteiger partial charge in [0, 0.05) is 0 Å². The van der Waals surface area contributed by atoms with Crippen molar-refractivity contribution in [3.8, 4) is 0 Å². The van der Waals surface area contributed by atoms with E-state index in [0.717, 1.165) is 56.6 Å². The van der Waals surface area contributed by atoms with Crippen LogP contribution in [0.1, 0.15) is 94.1 Å². The van der Waals surface area contributed by atoms with Crippen LogP contribution in [0, 0.1) is 29.4 Å². The molecule has 1 aromatic carbocycles. The van der Waals surface area contributed by atoms with Gasteiger partial charge in [0.05, 0.1) is 6.67 Å². The van der Waals surface area contributed by atoms with Crippen LogP contribution in [0.25, 0.3) is 0 Å². The average Bonchev–Trinajstić information content (AvgIpc) is 2.75. The molecule has 0 heterocycles. The fourth-order valence-corrected chi connectivity index (χ4v) is 5.51. The zero-order valence-electron chi connectivity index (χ0n) is 18.6. The van der Waals surface area contributed by atoms with Crippen LogP contribution in [0.15, 0.2) is 24.3 Å². The average molecular weight is 461 g/mol. The van der Waals surface area contributed by atoms with Crippen LogP contribution in [-0.4, -0.2) is 6.67 Å². The Morgan fingerprint density at radius 3 is 1.84 bits per heavy atom. The van der Waals surface area contributed by atoms with Gasteiger partial charge in [0.25, 0.3) is 0 Å². The quantitative estimate of drug-likeness (QED) is 0.206. The van der Waals surface area contributed by atoms with Gasteiger partial charge in [-0.25, -0.2) is 8.78 Å². The van der Waals surface area contributed by atoms with Crippen LogP contribution < -0.4 is 0 Å². The van der Waals surface area contributed by atoms with E-state index in [9.17, 15) is 26.3 Å². The van der Waals surface area contributed by atoms with Crippen molar-refractivity contribution in [2.45, 2.75) is 89.1 Å². The number of benzene rings is 1. The minimum Gasteiger partial charge on any atom is -0.251 e. The van der Waals surface area contributed by atoms with Crippen LogP contribution >= 0.6 is 0 Å². The molecule has 0 N–H and O–H groups in total. The lowest BCUT2D eigenvalue weighted by atomic mass is 9.74. The third-order valence-corrected chi connectivity index (χ3v) is 7.45. The van der Waals surface area contributed by atoms with E-state index in [4.69, 9.17) is 0 Å². The number of alkyl halides is 4. The third kappa shape index (κ3) is 7.02. The molecule has 1 aromatic rings. The molecule has 6 heteroatoms. The van der Waals surface area contributed by atoms with Gasteiger partial charge in [-0.15, -0.1) is 0 Å². The minimum atomic E-state index is -5.02. The zero-order chi connectivity index (χ0) is 23.1. The molecule has 2 aliphatic rings. The Labute approximate surface area is 187 Å². The van der Waals surface area contributed by atoms with Crippen molar-refractivity contribution >= 4 is 0 Å². The van der Waals surface area contributed by atoms with Crippen LogP contribution in [0.5, 0.6) is 0 Å². The Hall–Kier alpha value is -1.46. The number of unbranched alkanes of at least 4 members (excludes halogenated alkanes) is 1. The van der Waals surface area contributed by atoms with E-state index in [1.807, 2.05) is 0 Å². The van der Waals surface area contributed by atoms with Gasteiger partial charge in [-0.2, -0.15) is 13.2 Å². The van der Waals surface area contributed by atoms with E-state index in [2.05, 4.69) is 12.2 Å². The number of rotatable bonds is 8. The van der Waals surface area contributed by atoms with Crippen LogP contribution in [0.4, 0.5) is 26.3 Å².